The lowest BCUT2D eigenvalue weighted by atomic mass is 10.0. The molecule has 0 fully saturated rings. The number of aromatic hydroxyl groups is 2. The molecule has 0 bridgehead atoms. The number of carbonyl (C=O) groups excluding carboxylic acids is 1. The lowest BCUT2D eigenvalue weighted by molar-refractivity contribution is -0.137. The van der Waals surface area contributed by atoms with E-state index >= 15 is 0 Å². The van der Waals surface area contributed by atoms with Crippen molar-refractivity contribution in [2.24, 2.45) is 0 Å². The first-order valence-corrected chi connectivity index (χ1v) is 16.5. The summed E-state index contributed by atoms with van der Waals surface area (Å²) >= 11 is 0. The average Bonchev–Trinajstić information content (AvgIpc) is 2.93. The van der Waals surface area contributed by atoms with Gasteiger partial charge in [0.2, 0.25) is 0 Å². The summed E-state index contributed by atoms with van der Waals surface area (Å²) in [6.45, 7) is 2.74. The van der Waals surface area contributed by atoms with Gasteiger partial charge >= 0.3 is 5.97 Å². The van der Waals surface area contributed by atoms with Crippen LogP contribution in [-0.4, -0.2) is 22.8 Å². The molecule has 224 valence electrons. The fourth-order valence-corrected chi connectivity index (χ4v) is 5.09. The number of hydrogen-bond acceptors (Lipinski definition) is 4. The van der Waals surface area contributed by atoms with Gasteiger partial charge in [0.05, 0.1) is 6.61 Å². The molecule has 0 saturated carbocycles. The monoisotopic (exact) mass is 544 g/mol. The van der Waals surface area contributed by atoms with Crippen LogP contribution in [0.1, 0.15) is 167 Å². The number of hydrogen-bond donors (Lipinski definition) is 2. The van der Waals surface area contributed by atoms with Gasteiger partial charge in [0.1, 0.15) is 0 Å². The van der Waals surface area contributed by atoms with Crippen LogP contribution in [0.5, 0.6) is 11.5 Å². The van der Waals surface area contributed by atoms with Crippen LogP contribution in [-0.2, 0) is 9.53 Å². The number of phenolic OH excluding ortho intramolecular Hbond substituents is 2. The fraction of sp³-hybridized carbons (Fsp3) is 0.743. The van der Waals surface area contributed by atoms with E-state index in [0.29, 0.717) is 12.2 Å². The molecule has 1 aromatic carbocycles. The van der Waals surface area contributed by atoms with Crippen molar-refractivity contribution in [2.75, 3.05) is 6.61 Å². The minimum absolute atomic E-state index is 0.176. The van der Waals surface area contributed by atoms with E-state index in [1.807, 2.05) is 0 Å². The molecular weight excluding hydrogens is 484 g/mol. The van der Waals surface area contributed by atoms with Crippen LogP contribution in [0, 0.1) is 0 Å². The van der Waals surface area contributed by atoms with Crippen molar-refractivity contribution in [2.45, 2.75) is 161 Å². The molecule has 0 aromatic heterocycles. The number of unbranched alkanes of at least 4 members (excludes halogenated alkanes) is 23. The van der Waals surface area contributed by atoms with Crippen LogP contribution in [0.15, 0.2) is 24.3 Å². The van der Waals surface area contributed by atoms with Crippen molar-refractivity contribution in [1.29, 1.82) is 0 Å². The van der Waals surface area contributed by atoms with E-state index in [4.69, 9.17) is 4.74 Å². The molecule has 0 unspecified atom stereocenters. The number of esters is 1. The lowest BCUT2D eigenvalue weighted by Crippen LogP contribution is -2.02. The fourth-order valence-electron chi connectivity index (χ4n) is 5.09. The smallest absolute Gasteiger partial charge is 0.330 e. The Morgan fingerprint density at radius 2 is 0.974 bits per heavy atom. The third-order valence-electron chi connectivity index (χ3n) is 7.65. The normalized spacial score (nSPS) is 11.4. The van der Waals surface area contributed by atoms with E-state index in [-0.39, 0.29) is 17.5 Å². The maximum atomic E-state index is 11.8. The molecule has 0 radical (unpaired) electrons. The topological polar surface area (TPSA) is 66.8 Å². The van der Waals surface area contributed by atoms with Gasteiger partial charge in [-0.05, 0) is 30.2 Å². The van der Waals surface area contributed by atoms with E-state index in [1.54, 1.807) is 12.1 Å². The van der Waals surface area contributed by atoms with Crippen molar-refractivity contribution in [3.63, 3.8) is 0 Å². The maximum absolute atomic E-state index is 11.8. The molecular formula is C35H60O4. The zero-order chi connectivity index (χ0) is 28.2. The Morgan fingerprint density at radius 3 is 1.36 bits per heavy atom. The zero-order valence-corrected chi connectivity index (χ0v) is 25.3. The summed E-state index contributed by atoms with van der Waals surface area (Å²) in [5, 5.41) is 18.8. The Morgan fingerprint density at radius 1 is 0.590 bits per heavy atom. The van der Waals surface area contributed by atoms with Crippen molar-refractivity contribution >= 4 is 12.0 Å². The molecule has 0 aliphatic heterocycles. The summed E-state index contributed by atoms with van der Waals surface area (Å²) in [5.74, 6) is -0.757. The molecule has 4 nitrogen and oxygen atoms in total. The third kappa shape index (κ3) is 22.5. The molecule has 0 heterocycles. The van der Waals surface area contributed by atoms with Crippen LogP contribution in [0.25, 0.3) is 6.08 Å². The Bertz CT molecular complexity index is 727. The van der Waals surface area contributed by atoms with Gasteiger partial charge in [-0.25, -0.2) is 4.79 Å². The van der Waals surface area contributed by atoms with Gasteiger partial charge in [0.25, 0.3) is 0 Å². The Hall–Kier alpha value is -1.97. The van der Waals surface area contributed by atoms with E-state index in [2.05, 4.69) is 6.92 Å². The van der Waals surface area contributed by atoms with Crippen molar-refractivity contribution in [3.05, 3.63) is 29.8 Å². The van der Waals surface area contributed by atoms with Gasteiger partial charge in [-0.1, -0.05) is 161 Å². The van der Waals surface area contributed by atoms with E-state index in [1.165, 1.54) is 159 Å². The highest BCUT2D eigenvalue weighted by atomic mass is 16.5. The predicted molar refractivity (Wildman–Crippen MR) is 166 cm³/mol. The average molecular weight is 545 g/mol. The van der Waals surface area contributed by atoms with Gasteiger partial charge < -0.3 is 14.9 Å². The molecule has 0 aliphatic rings. The standard InChI is InChI=1S/C35H60O4/c1-2-3-4-5-6-7-8-9-10-11-12-13-14-15-16-17-18-19-20-21-22-23-24-25-30-39-35(38)29-27-32-26-28-33(36)34(37)31-32/h26-29,31,36-37H,2-25,30H2,1H3/b29-27+. The molecule has 0 amide bonds. The van der Waals surface area contributed by atoms with E-state index in [0.717, 1.165) is 12.8 Å². The molecule has 0 saturated heterocycles. The summed E-state index contributed by atoms with van der Waals surface area (Å²) in [5.41, 5.74) is 0.636. The van der Waals surface area contributed by atoms with Crippen LogP contribution < -0.4 is 0 Å². The van der Waals surface area contributed by atoms with Gasteiger partial charge in [-0.2, -0.15) is 0 Å². The van der Waals surface area contributed by atoms with Crippen molar-refractivity contribution in [3.8, 4) is 11.5 Å². The first-order chi connectivity index (χ1) is 19.1. The summed E-state index contributed by atoms with van der Waals surface area (Å²) in [4.78, 5) is 11.8. The van der Waals surface area contributed by atoms with Crippen LogP contribution in [0.4, 0.5) is 0 Å². The first-order valence-electron chi connectivity index (χ1n) is 16.5. The largest absolute Gasteiger partial charge is 0.504 e. The van der Waals surface area contributed by atoms with E-state index < -0.39 is 0 Å². The van der Waals surface area contributed by atoms with Crippen molar-refractivity contribution < 1.29 is 19.7 Å². The van der Waals surface area contributed by atoms with Gasteiger partial charge in [0, 0.05) is 6.08 Å². The number of benzene rings is 1. The SMILES string of the molecule is CCCCCCCCCCCCCCCCCCCCCCCCCCOC(=O)/C=C/c1ccc(O)c(O)c1. The van der Waals surface area contributed by atoms with Crippen LogP contribution in [0.3, 0.4) is 0 Å². The molecule has 4 heteroatoms. The highest BCUT2D eigenvalue weighted by Gasteiger charge is 2.01. The van der Waals surface area contributed by atoms with Crippen LogP contribution in [0.2, 0.25) is 0 Å². The summed E-state index contributed by atoms with van der Waals surface area (Å²) in [6, 6.07) is 4.42. The number of phenols is 2. The predicted octanol–water partition coefficient (Wildman–Crippen LogP) is 11.0. The van der Waals surface area contributed by atoms with Gasteiger partial charge in [-0.3, -0.25) is 0 Å². The number of ether oxygens (including phenoxy) is 1. The second-order valence-electron chi connectivity index (χ2n) is 11.4. The highest BCUT2D eigenvalue weighted by molar-refractivity contribution is 5.87. The molecule has 39 heavy (non-hydrogen) atoms. The molecule has 0 spiro atoms. The minimum Gasteiger partial charge on any atom is -0.504 e. The van der Waals surface area contributed by atoms with Crippen LogP contribution >= 0.6 is 0 Å². The Kier molecular flexibility index (Phi) is 23.6. The molecule has 1 rings (SSSR count). The number of carbonyl (C=O) groups is 1. The first kappa shape index (κ1) is 35.1. The summed E-state index contributed by atoms with van der Waals surface area (Å²) in [6.07, 6.45) is 35.8. The summed E-state index contributed by atoms with van der Waals surface area (Å²) in [7, 11) is 0. The summed E-state index contributed by atoms with van der Waals surface area (Å²) < 4.78 is 5.23. The molecule has 2 N–H and O–H groups in total. The second-order valence-corrected chi connectivity index (χ2v) is 11.4. The lowest BCUT2D eigenvalue weighted by Gasteiger charge is -2.04. The number of rotatable bonds is 27. The Balaban J connectivity index is 1.74. The van der Waals surface area contributed by atoms with E-state index in [9.17, 15) is 15.0 Å². The molecule has 0 aliphatic carbocycles. The highest BCUT2D eigenvalue weighted by Crippen LogP contribution is 2.25. The van der Waals surface area contributed by atoms with Gasteiger partial charge in [0.15, 0.2) is 11.5 Å². The zero-order valence-electron chi connectivity index (χ0n) is 25.3. The Labute approximate surface area is 240 Å². The maximum Gasteiger partial charge on any atom is 0.330 e. The van der Waals surface area contributed by atoms with Crippen molar-refractivity contribution in [1.82, 2.24) is 0 Å². The molecule has 1 aromatic rings. The third-order valence-corrected chi connectivity index (χ3v) is 7.65. The quantitative estimate of drug-likeness (QED) is 0.0500. The van der Waals surface area contributed by atoms with Gasteiger partial charge in [-0.15, -0.1) is 0 Å². The minimum atomic E-state index is -0.378. The second kappa shape index (κ2) is 26.3. The molecule has 0 atom stereocenters.